The summed E-state index contributed by atoms with van der Waals surface area (Å²) in [6.07, 6.45) is -0.838. The minimum absolute atomic E-state index is 0.327. The maximum Gasteiger partial charge on any atom is 0.130 e. The zero-order valence-corrected chi connectivity index (χ0v) is 12.0. The van der Waals surface area contributed by atoms with Crippen LogP contribution < -0.4 is 0 Å². The first-order valence-electron chi connectivity index (χ1n) is 6.07. The molecule has 1 atom stereocenters. The van der Waals surface area contributed by atoms with Gasteiger partial charge in [-0.25, -0.2) is 9.37 Å². The molecule has 0 saturated carbocycles. The number of aliphatic hydroxyl groups excluding tert-OH is 1. The topological polar surface area (TPSA) is 33.1 Å². The van der Waals surface area contributed by atoms with E-state index in [2.05, 4.69) is 4.98 Å². The quantitative estimate of drug-likeness (QED) is 0.919. The molecule has 0 aliphatic carbocycles. The molecule has 1 aromatic carbocycles. The third-order valence-electron chi connectivity index (χ3n) is 2.72. The Morgan fingerprint density at radius 1 is 1.26 bits per heavy atom. The average Bonchev–Trinajstić information content (AvgIpc) is 2.26. The van der Waals surface area contributed by atoms with Crippen molar-refractivity contribution < 1.29 is 9.50 Å². The molecule has 2 nitrogen and oxygen atoms in total. The van der Waals surface area contributed by atoms with Gasteiger partial charge >= 0.3 is 0 Å². The van der Waals surface area contributed by atoms with Gasteiger partial charge in [0.15, 0.2) is 0 Å². The van der Waals surface area contributed by atoms with Crippen LogP contribution >= 0.6 is 11.8 Å². The van der Waals surface area contributed by atoms with E-state index in [1.54, 1.807) is 19.1 Å². The Hall–Kier alpha value is -1.39. The van der Waals surface area contributed by atoms with E-state index in [9.17, 15) is 9.50 Å². The van der Waals surface area contributed by atoms with Gasteiger partial charge in [-0.3, -0.25) is 0 Å². The molecule has 0 bridgehead atoms. The second-order valence-corrected chi connectivity index (χ2v) is 5.62. The molecule has 1 heterocycles. The number of nitrogens with zero attached hydrogens (tertiary/aromatic N) is 1. The molecule has 19 heavy (non-hydrogen) atoms. The molecule has 0 spiro atoms. The van der Waals surface area contributed by atoms with Crippen LogP contribution in [0.1, 0.15) is 29.8 Å². The molecule has 0 saturated heterocycles. The molecule has 1 unspecified atom stereocenters. The molecule has 0 aliphatic heterocycles. The second kappa shape index (κ2) is 5.72. The summed E-state index contributed by atoms with van der Waals surface area (Å²) >= 11 is 1.37. The van der Waals surface area contributed by atoms with Gasteiger partial charge in [-0.15, -0.1) is 0 Å². The number of halogens is 1. The summed E-state index contributed by atoms with van der Waals surface area (Å²) in [4.78, 5) is 5.12. The number of pyridine rings is 1. The predicted molar refractivity (Wildman–Crippen MR) is 74.9 cm³/mol. The highest BCUT2D eigenvalue weighted by Crippen LogP contribution is 2.34. The lowest BCUT2D eigenvalue weighted by Crippen LogP contribution is -1.98. The first-order chi connectivity index (χ1) is 8.97. The molecular weight excluding hydrogens is 261 g/mol. The smallest absolute Gasteiger partial charge is 0.130 e. The summed E-state index contributed by atoms with van der Waals surface area (Å²) in [5.74, 6) is -0.385. The van der Waals surface area contributed by atoms with Gasteiger partial charge < -0.3 is 5.11 Å². The SMILES string of the molecule is Cc1cc(C)nc(Sc2cccc(F)c2C(C)O)c1. The van der Waals surface area contributed by atoms with Crippen LogP contribution in [0.5, 0.6) is 0 Å². The lowest BCUT2D eigenvalue weighted by atomic mass is 10.1. The maximum absolute atomic E-state index is 13.8. The van der Waals surface area contributed by atoms with Gasteiger partial charge in [-0.2, -0.15) is 0 Å². The van der Waals surface area contributed by atoms with Crippen LogP contribution in [0, 0.1) is 19.7 Å². The van der Waals surface area contributed by atoms with Crippen molar-refractivity contribution in [3.63, 3.8) is 0 Å². The van der Waals surface area contributed by atoms with Crippen molar-refractivity contribution in [1.82, 2.24) is 4.98 Å². The third kappa shape index (κ3) is 3.33. The summed E-state index contributed by atoms with van der Waals surface area (Å²) in [5.41, 5.74) is 2.37. The zero-order valence-electron chi connectivity index (χ0n) is 11.1. The van der Waals surface area contributed by atoms with E-state index in [4.69, 9.17) is 0 Å². The summed E-state index contributed by atoms with van der Waals surface area (Å²) in [5, 5.41) is 10.5. The molecule has 0 radical (unpaired) electrons. The van der Waals surface area contributed by atoms with Crippen LogP contribution in [0.2, 0.25) is 0 Å². The van der Waals surface area contributed by atoms with Crippen LogP contribution in [0.15, 0.2) is 40.3 Å². The predicted octanol–water partition coefficient (Wildman–Crippen LogP) is 4.04. The molecule has 2 aromatic rings. The standard InChI is InChI=1S/C15H16FNOS/c1-9-7-10(2)17-14(8-9)19-13-6-4-5-12(16)15(13)11(3)18/h4-8,11,18H,1-3H3. The highest BCUT2D eigenvalue weighted by Gasteiger charge is 2.14. The van der Waals surface area contributed by atoms with Crippen LogP contribution in [-0.2, 0) is 0 Å². The summed E-state index contributed by atoms with van der Waals surface area (Å²) in [6.45, 7) is 5.50. The van der Waals surface area contributed by atoms with E-state index in [0.717, 1.165) is 16.3 Å². The van der Waals surface area contributed by atoms with E-state index in [0.29, 0.717) is 10.5 Å². The van der Waals surface area contributed by atoms with Crippen LogP contribution in [0.25, 0.3) is 0 Å². The fourth-order valence-electron chi connectivity index (χ4n) is 1.98. The van der Waals surface area contributed by atoms with Gasteiger partial charge in [0.05, 0.1) is 6.10 Å². The Kier molecular flexibility index (Phi) is 4.22. The summed E-state index contributed by atoms with van der Waals surface area (Å²) in [7, 11) is 0. The largest absolute Gasteiger partial charge is 0.389 e. The second-order valence-electron chi connectivity index (χ2n) is 4.55. The molecule has 0 aliphatic rings. The van der Waals surface area contributed by atoms with Crippen molar-refractivity contribution >= 4 is 11.8 Å². The Morgan fingerprint density at radius 2 is 2.00 bits per heavy atom. The Bertz CT molecular complexity index is 578. The van der Waals surface area contributed by atoms with Crippen LogP contribution in [-0.4, -0.2) is 10.1 Å². The molecule has 100 valence electrons. The monoisotopic (exact) mass is 277 g/mol. The zero-order chi connectivity index (χ0) is 14.0. The number of aromatic nitrogens is 1. The molecule has 4 heteroatoms. The maximum atomic E-state index is 13.8. The van der Waals surface area contributed by atoms with Crippen LogP contribution in [0.4, 0.5) is 4.39 Å². The van der Waals surface area contributed by atoms with E-state index in [1.807, 2.05) is 26.0 Å². The van der Waals surface area contributed by atoms with E-state index in [-0.39, 0.29) is 5.82 Å². The summed E-state index contributed by atoms with van der Waals surface area (Å²) in [6, 6.07) is 8.75. The van der Waals surface area contributed by atoms with Gasteiger partial charge in [-0.05, 0) is 50.6 Å². The van der Waals surface area contributed by atoms with E-state index in [1.165, 1.54) is 17.8 Å². The number of aryl methyl sites for hydroxylation is 2. The van der Waals surface area contributed by atoms with Crippen LogP contribution in [0.3, 0.4) is 0 Å². The lowest BCUT2D eigenvalue weighted by Gasteiger charge is -2.12. The highest BCUT2D eigenvalue weighted by atomic mass is 32.2. The van der Waals surface area contributed by atoms with Crippen molar-refractivity contribution in [2.75, 3.05) is 0 Å². The number of benzene rings is 1. The van der Waals surface area contributed by atoms with Crippen molar-refractivity contribution in [2.45, 2.75) is 36.8 Å². The van der Waals surface area contributed by atoms with E-state index < -0.39 is 6.10 Å². The number of hydrogen-bond acceptors (Lipinski definition) is 3. The molecule has 1 aromatic heterocycles. The van der Waals surface area contributed by atoms with Gasteiger partial charge in [-0.1, -0.05) is 17.8 Å². The Morgan fingerprint density at radius 3 is 2.63 bits per heavy atom. The van der Waals surface area contributed by atoms with Gasteiger partial charge in [0, 0.05) is 16.2 Å². The molecular formula is C15H16FNOS. The van der Waals surface area contributed by atoms with Crippen molar-refractivity contribution in [3.8, 4) is 0 Å². The summed E-state index contributed by atoms with van der Waals surface area (Å²) < 4.78 is 13.8. The van der Waals surface area contributed by atoms with Gasteiger partial charge in [0.2, 0.25) is 0 Å². The fraction of sp³-hybridized carbons (Fsp3) is 0.267. The molecule has 1 N–H and O–H groups in total. The fourth-order valence-corrected chi connectivity index (χ4v) is 3.17. The molecule has 2 rings (SSSR count). The number of aliphatic hydroxyl groups is 1. The van der Waals surface area contributed by atoms with Gasteiger partial charge in [0.25, 0.3) is 0 Å². The van der Waals surface area contributed by atoms with Gasteiger partial charge in [0.1, 0.15) is 10.8 Å². The lowest BCUT2D eigenvalue weighted by molar-refractivity contribution is 0.191. The Balaban J connectivity index is 2.40. The minimum Gasteiger partial charge on any atom is -0.389 e. The van der Waals surface area contributed by atoms with Crippen molar-refractivity contribution in [2.24, 2.45) is 0 Å². The highest BCUT2D eigenvalue weighted by molar-refractivity contribution is 7.99. The third-order valence-corrected chi connectivity index (χ3v) is 3.71. The average molecular weight is 277 g/mol. The molecule has 0 amide bonds. The first kappa shape index (κ1) is 14.0. The normalized spacial score (nSPS) is 12.5. The molecule has 0 fully saturated rings. The Labute approximate surface area is 116 Å². The van der Waals surface area contributed by atoms with Crippen molar-refractivity contribution in [3.05, 3.63) is 53.0 Å². The number of rotatable bonds is 3. The van der Waals surface area contributed by atoms with Crippen molar-refractivity contribution in [1.29, 1.82) is 0 Å². The minimum atomic E-state index is -0.838. The number of hydrogen-bond donors (Lipinski definition) is 1. The first-order valence-corrected chi connectivity index (χ1v) is 6.88. The van der Waals surface area contributed by atoms with E-state index >= 15 is 0 Å².